The van der Waals surface area contributed by atoms with Crippen LogP contribution < -0.4 is 4.52 Å². The van der Waals surface area contributed by atoms with Crippen molar-refractivity contribution in [3.8, 4) is 0 Å². The Kier molecular flexibility index (Phi) is 1.78. The second-order valence-corrected chi connectivity index (χ2v) is 4.22. The molecule has 0 aliphatic heterocycles. The third kappa shape index (κ3) is 1.08. The number of nitrogens with one attached hydrogen (secondary N) is 1. The summed E-state index contributed by atoms with van der Waals surface area (Å²) in [4.78, 5) is 4.66. The number of aromatic nitrogens is 3. The maximum absolute atomic E-state index is 4.66. The molecule has 2 heterocycles. The van der Waals surface area contributed by atoms with Crippen molar-refractivity contribution in [2.75, 3.05) is 0 Å². The highest BCUT2D eigenvalue weighted by Gasteiger charge is 2.18. The Morgan fingerprint density at radius 1 is 1.12 bits per heavy atom. The SMILES string of the molecule is Cc1nc2c3ccccc3[nH][n+]2c(C)c1C. The van der Waals surface area contributed by atoms with Gasteiger partial charge in [0.1, 0.15) is 5.69 Å². The van der Waals surface area contributed by atoms with Crippen molar-refractivity contribution in [3.63, 3.8) is 0 Å². The minimum Gasteiger partial charge on any atom is -0.223 e. The standard InChI is InChI=1S/C13H13N3/c1-8-9(2)14-13-11-6-4-5-7-12(11)15-16(13)10(8)3/h4-7H,1-3H3/p+1. The fourth-order valence-electron chi connectivity index (χ4n) is 2.09. The zero-order valence-corrected chi connectivity index (χ0v) is 9.70. The van der Waals surface area contributed by atoms with Crippen LogP contribution in [0, 0.1) is 20.8 Å². The first-order chi connectivity index (χ1) is 7.68. The largest absolute Gasteiger partial charge is 0.356 e. The van der Waals surface area contributed by atoms with Crippen molar-refractivity contribution in [2.45, 2.75) is 20.8 Å². The topological polar surface area (TPSA) is 32.8 Å². The van der Waals surface area contributed by atoms with Gasteiger partial charge in [0.2, 0.25) is 0 Å². The van der Waals surface area contributed by atoms with Crippen LogP contribution in [0.15, 0.2) is 24.3 Å². The molecule has 1 N–H and O–H groups in total. The van der Waals surface area contributed by atoms with Crippen LogP contribution in [0.2, 0.25) is 0 Å². The average Bonchev–Trinajstić information content (AvgIpc) is 2.65. The zero-order chi connectivity index (χ0) is 11.3. The van der Waals surface area contributed by atoms with Crippen molar-refractivity contribution >= 4 is 16.6 Å². The molecular weight excluding hydrogens is 198 g/mol. The summed E-state index contributed by atoms with van der Waals surface area (Å²) in [7, 11) is 0. The molecule has 0 fully saturated rings. The molecule has 0 bridgehead atoms. The van der Waals surface area contributed by atoms with Crippen molar-refractivity contribution in [2.24, 2.45) is 0 Å². The summed E-state index contributed by atoms with van der Waals surface area (Å²) in [5, 5.41) is 4.54. The van der Waals surface area contributed by atoms with E-state index in [0.717, 1.165) is 16.9 Å². The molecule has 0 amide bonds. The number of aryl methyl sites for hydroxylation is 2. The Morgan fingerprint density at radius 3 is 2.69 bits per heavy atom. The monoisotopic (exact) mass is 212 g/mol. The molecule has 0 atom stereocenters. The number of benzene rings is 1. The number of fused-ring (bicyclic) bond motifs is 3. The molecule has 2 aromatic heterocycles. The summed E-state index contributed by atoms with van der Waals surface area (Å²) in [5.74, 6) is 0. The third-order valence-electron chi connectivity index (χ3n) is 3.31. The summed E-state index contributed by atoms with van der Waals surface area (Å²) < 4.78 is 2.06. The van der Waals surface area contributed by atoms with Crippen LogP contribution in [0.3, 0.4) is 0 Å². The van der Waals surface area contributed by atoms with E-state index in [9.17, 15) is 0 Å². The second kappa shape index (κ2) is 3.04. The molecule has 0 unspecified atom stereocenters. The Bertz CT molecular complexity index is 695. The molecule has 3 rings (SSSR count). The Hall–Kier alpha value is -1.90. The quantitative estimate of drug-likeness (QED) is 0.569. The van der Waals surface area contributed by atoms with E-state index >= 15 is 0 Å². The number of hydrogen-bond donors (Lipinski definition) is 1. The molecule has 3 nitrogen and oxygen atoms in total. The molecule has 3 aromatic rings. The van der Waals surface area contributed by atoms with Crippen LogP contribution in [-0.4, -0.2) is 10.1 Å². The van der Waals surface area contributed by atoms with E-state index < -0.39 is 0 Å². The van der Waals surface area contributed by atoms with E-state index in [0.29, 0.717) is 0 Å². The number of aromatic amines is 1. The summed E-state index contributed by atoms with van der Waals surface area (Å²) in [6.07, 6.45) is 0. The number of H-pyrrole nitrogens is 1. The third-order valence-corrected chi connectivity index (χ3v) is 3.31. The van der Waals surface area contributed by atoms with Crippen LogP contribution in [0.25, 0.3) is 16.6 Å². The van der Waals surface area contributed by atoms with E-state index in [2.05, 4.69) is 47.5 Å². The van der Waals surface area contributed by atoms with Gasteiger partial charge < -0.3 is 0 Å². The van der Waals surface area contributed by atoms with Gasteiger partial charge in [0.05, 0.1) is 10.9 Å². The minimum atomic E-state index is 1.01. The van der Waals surface area contributed by atoms with Crippen LogP contribution in [0.1, 0.15) is 17.0 Å². The molecule has 80 valence electrons. The molecule has 0 radical (unpaired) electrons. The van der Waals surface area contributed by atoms with Gasteiger partial charge >= 0.3 is 5.65 Å². The lowest BCUT2D eigenvalue weighted by molar-refractivity contribution is -0.584. The predicted molar refractivity (Wildman–Crippen MR) is 63.5 cm³/mol. The van der Waals surface area contributed by atoms with Gasteiger partial charge in [0.15, 0.2) is 5.69 Å². The molecule has 0 aliphatic rings. The summed E-state index contributed by atoms with van der Waals surface area (Å²) in [5.41, 5.74) is 5.70. The summed E-state index contributed by atoms with van der Waals surface area (Å²) >= 11 is 0. The second-order valence-electron chi connectivity index (χ2n) is 4.22. The van der Waals surface area contributed by atoms with Gasteiger partial charge in [0, 0.05) is 19.4 Å². The lowest BCUT2D eigenvalue weighted by Gasteiger charge is -1.96. The van der Waals surface area contributed by atoms with Gasteiger partial charge in [0.25, 0.3) is 0 Å². The highest BCUT2D eigenvalue weighted by atomic mass is 15.3. The van der Waals surface area contributed by atoms with Gasteiger partial charge in [-0.25, -0.2) is 5.10 Å². The van der Waals surface area contributed by atoms with Gasteiger partial charge in [-0.2, -0.15) is 0 Å². The molecule has 0 aliphatic carbocycles. The van der Waals surface area contributed by atoms with Gasteiger partial charge in [-0.15, -0.1) is 4.52 Å². The smallest absolute Gasteiger partial charge is 0.223 e. The van der Waals surface area contributed by atoms with Gasteiger partial charge in [-0.3, -0.25) is 0 Å². The fourth-order valence-corrected chi connectivity index (χ4v) is 2.09. The Balaban J connectivity index is 2.60. The van der Waals surface area contributed by atoms with E-state index in [1.54, 1.807) is 0 Å². The zero-order valence-electron chi connectivity index (χ0n) is 9.70. The minimum absolute atomic E-state index is 1.01. The number of nitrogens with zero attached hydrogens (tertiary/aromatic N) is 2. The van der Waals surface area contributed by atoms with Crippen LogP contribution in [0.4, 0.5) is 0 Å². The van der Waals surface area contributed by atoms with Gasteiger partial charge in [-0.1, -0.05) is 12.1 Å². The Morgan fingerprint density at radius 2 is 1.88 bits per heavy atom. The number of para-hydroxylation sites is 1. The van der Waals surface area contributed by atoms with E-state index in [1.807, 2.05) is 12.1 Å². The van der Waals surface area contributed by atoms with Crippen molar-refractivity contribution in [3.05, 3.63) is 41.2 Å². The molecule has 0 spiro atoms. The average molecular weight is 212 g/mol. The van der Waals surface area contributed by atoms with Gasteiger partial charge in [-0.05, 0) is 24.0 Å². The molecule has 16 heavy (non-hydrogen) atoms. The highest BCUT2D eigenvalue weighted by Crippen LogP contribution is 2.16. The van der Waals surface area contributed by atoms with Crippen LogP contribution in [-0.2, 0) is 0 Å². The highest BCUT2D eigenvalue weighted by molar-refractivity contribution is 5.89. The molecule has 1 aromatic carbocycles. The maximum Gasteiger partial charge on any atom is 0.356 e. The maximum atomic E-state index is 4.66. The normalized spacial score (nSPS) is 11.4. The van der Waals surface area contributed by atoms with E-state index in [1.165, 1.54) is 16.6 Å². The van der Waals surface area contributed by atoms with Crippen LogP contribution >= 0.6 is 0 Å². The first kappa shape index (κ1) is 9.33. The molecule has 0 saturated heterocycles. The predicted octanol–water partition coefficient (Wildman–Crippen LogP) is 2.23. The molecular formula is C13H14N3+. The van der Waals surface area contributed by atoms with Crippen LogP contribution in [0.5, 0.6) is 0 Å². The molecule has 0 saturated carbocycles. The number of rotatable bonds is 0. The lowest BCUT2D eigenvalue weighted by atomic mass is 10.2. The first-order valence-corrected chi connectivity index (χ1v) is 5.45. The fraction of sp³-hybridized carbons (Fsp3) is 0.231. The van der Waals surface area contributed by atoms with E-state index in [-0.39, 0.29) is 0 Å². The first-order valence-electron chi connectivity index (χ1n) is 5.45. The summed E-state index contributed by atoms with van der Waals surface area (Å²) in [6, 6.07) is 8.26. The lowest BCUT2D eigenvalue weighted by Crippen LogP contribution is -2.29. The molecule has 3 heteroatoms. The van der Waals surface area contributed by atoms with Crippen molar-refractivity contribution in [1.29, 1.82) is 0 Å². The Labute approximate surface area is 93.7 Å². The number of hydrogen-bond acceptors (Lipinski definition) is 1. The van der Waals surface area contributed by atoms with E-state index in [4.69, 9.17) is 0 Å². The van der Waals surface area contributed by atoms with Crippen molar-refractivity contribution in [1.82, 2.24) is 10.1 Å². The van der Waals surface area contributed by atoms with Crippen molar-refractivity contribution < 1.29 is 4.52 Å². The summed E-state index contributed by atoms with van der Waals surface area (Å²) in [6.45, 7) is 6.28.